The molecule has 0 bridgehead atoms. The third-order valence-electron chi connectivity index (χ3n) is 2.90. The van der Waals surface area contributed by atoms with Crippen LogP contribution in [0.15, 0.2) is 0 Å². The number of rotatable bonds is 3. The lowest BCUT2D eigenvalue weighted by Gasteiger charge is -2.18. The summed E-state index contributed by atoms with van der Waals surface area (Å²) in [5.74, 6) is -1.27. The highest BCUT2D eigenvalue weighted by Gasteiger charge is 2.33. The Balaban J connectivity index is 2.56. The Hall–Kier alpha value is -1.57. The van der Waals surface area contributed by atoms with Crippen LogP contribution >= 0.6 is 0 Å². The Labute approximate surface area is 95.0 Å². The quantitative estimate of drug-likeness (QED) is 0.657. The van der Waals surface area contributed by atoms with E-state index in [4.69, 9.17) is 5.26 Å². The van der Waals surface area contributed by atoms with Crippen LogP contribution in [0.2, 0.25) is 0 Å². The minimum atomic E-state index is -0.587. The molecule has 88 valence electrons. The summed E-state index contributed by atoms with van der Waals surface area (Å²) in [6.07, 6.45) is 1.13. The number of methoxy groups -OCH3 is 1. The smallest absolute Gasteiger partial charge is 0.310 e. The molecule has 1 aliphatic heterocycles. The molecule has 0 aromatic carbocycles. The second-order valence-electron chi connectivity index (χ2n) is 3.88. The lowest BCUT2D eigenvalue weighted by atomic mass is 10.1. The van der Waals surface area contributed by atoms with Crippen LogP contribution in [0, 0.1) is 23.2 Å². The van der Waals surface area contributed by atoms with Crippen molar-refractivity contribution in [3.63, 3.8) is 0 Å². The average molecular weight is 224 g/mol. The maximum Gasteiger partial charge on any atom is 0.310 e. The molecular weight excluding hydrogens is 208 g/mol. The summed E-state index contributed by atoms with van der Waals surface area (Å²) in [6, 6.07) is 1.98. The Morgan fingerprint density at radius 1 is 1.62 bits per heavy atom. The highest BCUT2D eigenvalue weighted by molar-refractivity contribution is 5.82. The average Bonchev–Trinajstić information content (AvgIpc) is 2.78. The van der Waals surface area contributed by atoms with Crippen LogP contribution in [0.1, 0.15) is 19.8 Å². The molecule has 1 rings (SSSR count). The number of esters is 1. The van der Waals surface area contributed by atoms with Crippen molar-refractivity contribution in [1.82, 2.24) is 4.90 Å². The van der Waals surface area contributed by atoms with Gasteiger partial charge in [-0.15, -0.1) is 0 Å². The van der Waals surface area contributed by atoms with E-state index in [-0.39, 0.29) is 17.8 Å². The van der Waals surface area contributed by atoms with E-state index >= 15 is 0 Å². The summed E-state index contributed by atoms with van der Waals surface area (Å²) in [7, 11) is 1.34. The van der Waals surface area contributed by atoms with E-state index in [1.165, 1.54) is 7.11 Å². The molecular formula is C11H16N2O3. The van der Waals surface area contributed by atoms with Gasteiger partial charge in [-0.05, 0) is 12.8 Å². The molecule has 0 aliphatic carbocycles. The van der Waals surface area contributed by atoms with Crippen LogP contribution in [-0.2, 0) is 14.3 Å². The number of nitriles is 1. The number of nitrogens with zero attached hydrogens (tertiary/aromatic N) is 2. The molecule has 0 saturated carbocycles. The van der Waals surface area contributed by atoms with Gasteiger partial charge in [0.1, 0.15) is 5.92 Å². The van der Waals surface area contributed by atoms with Gasteiger partial charge in [0.15, 0.2) is 0 Å². The summed E-state index contributed by atoms with van der Waals surface area (Å²) in [4.78, 5) is 24.7. The summed E-state index contributed by atoms with van der Waals surface area (Å²) < 4.78 is 4.63. The first kappa shape index (κ1) is 12.5. The molecule has 0 radical (unpaired) electrons. The molecule has 0 aromatic heterocycles. The van der Waals surface area contributed by atoms with Gasteiger partial charge in [-0.1, -0.05) is 6.92 Å². The summed E-state index contributed by atoms with van der Waals surface area (Å²) in [5, 5.41) is 8.79. The molecule has 2 atom stereocenters. The minimum absolute atomic E-state index is 0.170. The predicted octanol–water partition coefficient (Wildman–Crippen LogP) is 0.558. The highest BCUT2D eigenvalue weighted by Crippen LogP contribution is 2.20. The molecule has 5 heteroatoms. The van der Waals surface area contributed by atoms with Crippen molar-refractivity contribution >= 4 is 11.9 Å². The van der Waals surface area contributed by atoms with E-state index in [9.17, 15) is 9.59 Å². The van der Waals surface area contributed by atoms with Crippen molar-refractivity contribution in [2.45, 2.75) is 19.8 Å². The van der Waals surface area contributed by atoms with Crippen molar-refractivity contribution in [3.8, 4) is 6.07 Å². The third-order valence-corrected chi connectivity index (χ3v) is 2.90. The zero-order chi connectivity index (χ0) is 12.1. The number of likely N-dealkylation sites (tertiary alicyclic amines) is 1. The second-order valence-corrected chi connectivity index (χ2v) is 3.88. The molecule has 1 heterocycles. The number of carbonyl (C=O) groups is 2. The standard InChI is InChI=1S/C11H16N2O3/c1-3-8(6-12)10(14)13-5-4-9(7-13)11(15)16-2/h8-9H,3-5,7H2,1-2H3. The van der Waals surface area contributed by atoms with Gasteiger partial charge in [0.25, 0.3) is 0 Å². The lowest BCUT2D eigenvalue weighted by Crippen LogP contribution is -2.34. The van der Waals surface area contributed by atoms with Gasteiger partial charge in [-0.2, -0.15) is 5.26 Å². The van der Waals surface area contributed by atoms with Crippen molar-refractivity contribution in [3.05, 3.63) is 0 Å². The van der Waals surface area contributed by atoms with Crippen LogP contribution < -0.4 is 0 Å². The summed E-state index contributed by atoms with van der Waals surface area (Å²) in [5.41, 5.74) is 0. The Kier molecular flexibility index (Phi) is 4.29. The predicted molar refractivity (Wildman–Crippen MR) is 56.1 cm³/mol. The fourth-order valence-electron chi connectivity index (χ4n) is 1.86. The summed E-state index contributed by atoms with van der Waals surface area (Å²) >= 11 is 0. The number of amides is 1. The fraction of sp³-hybridized carbons (Fsp3) is 0.727. The van der Waals surface area contributed by atoms with Gasteiger partial charge in [0.2, 0.25) is 5.91 Å². The number of ether oxygens (including phenoxy) is 1. The second kappa shape index (κ2) is 5.50. The SMILES string of the molecule is CCC(C#N)C(=O)N1CCC(C(=O)OC)C1. The van der Waals surface area contributed by atoms with Crippen LogP contribution in [0.4, 0.5) is 0 Å². The van der Waals surface area contributed by atoms with E-state index in [2.05, 4.69) is 4.74 Å². The largest absolute Gasteiger partial charge is 0.469 e. The van der Waals surface area contributed by atoms with Crippen molar-refractivity contribution in [2.75, 3.05) is 20.2 Å². The van der Waals surface area contributed by atoms with Gasteiger partial charge < -0.3 is 9.64 Å². The molecule has 0 N–H and O–H groups in total. The number of hydrogen-bond donors (Lipinski definition) is 0. The van der Waals surface area contributed by atoms with Crippen molar-refractivity contribution in [2.24, 2.45) is 11.8 Å². The van der Waals surface area contributed by atoms with Crippen LogP contribution in [-0.4, -0.2) is 37.0 Å². The molecule has 1 fully saturated rings. The third kappa shape index (κ3) is 2.51. The molecule has 2 unspecified atom stereocenters. The zero-order valence-corrected chi connectivity index (χ0v) is 9.60. The van der Waals surface area contributed by atoms with E-state index in [1.807, 2.05) is 6.07 Å². The van der Waals surface area contributed by atoms with Gasteiger partial charge in [-0.3, -0.25) is 9.59 Å². The topological polar surface area (TPSA) is 70.4 Å². The number of hydrogen-bond acceptors (Lipinski definition) is 4. The van der Waals surface area contributed by atoms with Crippen LogP contribution in [0.25, 0.3) is 0 Å². The van der Waals surface area contributed by atoms with E-state index in [0.29, 0.717) is 25.9 Å². The fourth-order valence-corrected chi connectivity index (χ4v) is 1.86. The van der Waals surface area contributed by atoms with Crippen molar-refractivity contribution in [1.29, 1.82) is 5.26 Å². The molecule has 1 aliphatic rings. The van der Waals surface area contributed by atoms with Gasteiger partial charge in [-0.25, -0.2) is 0 Å². The Morgan fingerprint density at radius 3 is 2.81 bits per heavy atom. The molecule has 16 heavy (non-hydrogen) atoms. The normalized spacial score (nSPS) is 21.3. The van der Waals surface area contributed by atoms with Gasteiger partial charge in [0, 0.05) is 13.1 Å². The van der Waals surface area contributed by atoms with Gasteiger partial charge >= 0.3 is 5.97 Å². The van der Waals surface area contributed by atoms with E-state index in [0.717, 1.165) is 0 Å². The molecule has 1 amide bonds. The first-order chi connectivity index (χ1) is 7.63. The highest BCUT2D eigenvalue weighted by atomic mass is 16.5. The Morgan fingerprint density at radius 2 is 2.31 bits per heavy atom. The first-order valence-corrected chi connectivity index (χ1v) is 5.40. The van der Waals surface area contributed by atoms with Crippen LogP contribution in [0.5, 0.6) is 0 Å². The molecule has 0 aromatic rings. The molecule has 0 spiro atoms. The lowest BCUT2D eigenvalue weighted by molar-refractivity contribution is -0.145. The van der Waals surface area contributed by atoms with Gasteiger partial charge in [0.05, 0.1) is 19.1 Å². The monoisotopic (exact) mass is 224 g/mol. The maximum absolute atomic E-state index is 11.8. The Bertz CT molecular complexity index is 322. The molecule has 1 saturated heterocycles. The van der Waals surface area contributed by atoms with E-state index in [1.54, 1.807) is 11.8 Å². The zero-order valence-electron chi connectivity index (χ0n) is 9.60. The first-order valence-electron chi connectivity index (χ1n) is 5.40. The molecule has 5 nitrogen and oxygen atoms in total. The number of carbonyl (C=O) groups excluding carboxylic acids is 2. The van der Waals surface area contributed by atoms with E-state index < -0.39 is 5.92 Å². The van der Waals surface area contributed by atoms with Crippen LogP contribution in [0.3, 0.4) is 0 Å². The maximum atomic E-state index is 11.8. The summed E-state index contributed by atoms with van der Waals surface area (Å²) in [6.45, 7) is 2.72. The van der Waals surface area contributed by atoms with Crippen molar-refractivity contribution < 1.29 is 14.3 Å². The minimum Gasteiger partial charge on any atom is -0.469 e.